The molecule has 8 heteroatoms. The molecule has 4 aromatic heterocycles. The number of halogens is 1. The average Bonchev–Trinajstić information content (AvgIpc) is 3.21. The summed E-state index contributed by atoms with van der Waals surface area (Å²) < 4.78 is 21.5. The number of aryl methyl sites for hydroxylation is 1. The van der Waals surface area contributed by atoms with Crippen LogP contribution >= 0.6 is 0 Å². The van der Waals surface area contributed by atoms with Crippen molar-refractivity contribution in [2.24, 2.45) is 0 Å². The number of ether oxygens (including phenoxy) is 1. The van der Waals surface area contributed by atoms with E-state index < -0.39 is 0 Å². The van der Waals surface area contributed by atoms with Crippen LogP contribution in [0.1, 0.15) is 18.5 Å². The normalized spacial score (nSPS) is 19.5. The summed E-state index contributed by atoms with van der Waals surface area (Å²) >= 11 is 0. The summed E-state index contributed by atoms with van der Waals surface area (Å²) in [5.74, 6) is 0.231. The summed E-state index contributed by atoms with van der Waals surface area (Å²) in [4.78, 5) is 16.3. The predicted octanol–water partition coefficient (Wildman–Crippen LogP) is 3.31. The number of H-pyrrole nitrogens is 1. The van der Waals surface area contributed by atoms with Crippen LogP contribution in [0, 0.1) is 12.7 Å². The predicted molar refractivity (Wildman–Crippen MR) is 100 cm³/mol. The van der Waals surface area contributed by atoms with Gasteiger partial charge in [0.05, 0.1) is 6.10 Å². The number of rotatable bonds is 4. The van der Waals surface area contributed by atoms with Gasteiger partial charge in [-0.1, -0.05) is 0 Å². The van der Waals surface area contributed by atoms with Gasteiger partial charge in [-0.3, -0.25) is 0 Å². The molecule has 5 rings (SSSR count). The first-order chi connectivity index (χ1) is 13.1. The third-order valence-corrected chi connectivity index (χ3v) is 5.25. The van der Waals surface area contributed by atoms with Gasteiger partial charge in [0, 0.05) is 60.1 Å². The van der Waals surface area contributed by atoms with Crippen molar-refractivity contribution >= 4 is 22.6 Å². The molecule has 0 amide bonds. The molecule has 138 valence electrons. The first kappa shape index (κ1) is 16.2. The standard InChI is InChI=1S/C19H19FN6O/c1-10-6-22-18-16(20)3-11(9-26(10)18)14-7-21-17-15(14)8-23-19(25-17)24-12-4-13(5-12)27-2/h3,6-9,12-13H,4-5H2,1-2H3,(H2,21,23,24,25). The Bertz CT molecular complexity index is 1140. The smallest absolute Gasteiger partial charge is 0.224 e. The molecule has 0 aliphatic heterocycles. The van der Waals surface area contributed by atoms with Crippen LogP contribution in [0.2, 0.25) is 0 Å². The van der Waals surface area contributed by atoms with Crippen LogP contribution in [0.4, 0.5) is 10.3 Å². The Morgan fingerprint density at radius 1 is 1.30 bits per heavy atom. The van der Waals surface area contributed by atoms with Crippen LogP contribution in [-0.2, 0) is 4.74 Å². The molecule has 1 saturated carbocycles. The van der Waals surface area contributed by atoms with E-state index in [0.717, 1.165) is 35.0 Å². The second-order valence-electron chi connectivity index (χ2n) is 7.00. The molecule has 1 fully saturated rings. The molecule has 1 aliphatic rings. The topological polar surface area (TPSA) is 80.1 Å². The summed E-state index contributed by atoms with van der Waals surface area (Å²) in [6.07, 6.45) is 9.38. The quantitative estimate of drug-likeness (QED) is 0.579. The van der Waals surface area contributed by atoms with Crippen LogP contribution in [0.15, 0.2) is 30.9 Å². The third kappa shape index (κ3) is 2.64. The number of nitrogens with zero attached hydrogens (tertiary/aromatic N) is 4. The lowest BCUT2D eigenvalue weighted by Gasteiger charge is -2.34. The van der Waals surface area contributed by atoms with E-state index in [-0.39, 0.29) is 5.82 Å². The van der Waals surface area contributed by atoms with E-state index in [1.54, 1.807) is 23.9 Å². The van der Waals surface area contributed by atoms with Crippen molar-refractivity contribution in [3.05, 3.63) is 42.4 Å². The van der Waals surface area contributed by atoms with E-state index in [1.807, 2.05) is 19.3 Å². The maximum absolute atomic E-state index is 14.4. The van der Waals surface area contributed by atoms with E-state index in [0.29, 0.717) is 29.4 Å². The minimum Gasteiger partial charge on any atom is -0.381 e. The van der Waals surface area contributed by atoms with Gasteiger partial charge in [0.2, 0.25) is 5.95 Å². The van der Waals surface area contributed by atoms with Crippen LogP contribution in [0.25, 0.3) is 27.8 Å². The summed E-state index contributed by atoms with van der Waals surface area (Å²) in [6, 6.07) is 1.83. The number of anilines is 1. The van der Waals surface area contributed by atoms with Gasteiger partial charge in [-0.15, -0.1) is 0 Å². The molecule has 0 saturated heterocycles. The van der Waals surface area contributed by atoms with Gasteiger partial charge in [0.25, 0.3) is 0 Å². The Morgan fingerprint density at radius 2 is 2.15 bits per heavy atom. The number of fused-ring (bicyclic) bond motifs is 2. The molecular weight excluding hydrogens is 347 g/mol. The zero-order valence-corrected chi connectivity index (χ0v) is 15.0. The van der Waals surface area contributed by atoms with Gasteiger partial charge in [0.1, 0.15) is 5.65 Å². The van der Waals surface area contributed by atoms with Crippen molar-refractivity contribution in [1.29, 1.82) is 0 Å². The largest absolute Gasteiger partial charge is 0.381 e. The summed E-state index contributed by atoms with van der Waals surface area (Å²) in [5.41, 5.74) is 3.52. The molecule has 4 heterocycles. The number of nitrogens with one attached hydrogen (secondary N) is 2. The number of pyridine rings is 1. The molecular formula is C19H19FN6O. The van der Waals surface area contributed by atoms with Crippen molar-refractivity contribution in [3.8, 4) is 11.1 Å². The molecule has 0 unspecified atom stereocenters. The SMILES string of the molecule is COC1CC(Nc2ncc3c(-c4cc(F)c5ncc(C)n5c4)c[nH]c3n2)C1. The molecule has 0 atom stereocenters. The molecule has 4 aromatic rings. The fourth-order valence-corrected chi connectivity index (χ4v) is 3.58. The maximum Gasteiger partial charge on any atom is 0.224 e. The summed E-state index contributed by atoms with van der Waals surface area (Å²) in [5, 5.41) is 4.17. The van der Waals surface area contributed by atoms with Gasteiger partial charge < -0.3 is 19.4 Å². The minimum atomic E-state index is -0.355. The second kappa shape index (κ2) is 6.02. The number of hydrogen-bond acceptors (Lipinski definition) is 5. The monoisotopic (exact) mass is 366 g/mol. The maximum atomic E-state index is 14.4. The first-order valence-electron chi connectivity index (χ1n) is 8.89. The van der Waals surface area contributed by atoms with Crippen molar-refractivity contribution in [1.82, 2.24) is 24.3 Å². The van der Waals surface area contributed by atoms with E-state index in [2.05, 4.69) is 25.3 Å². The molecule has 0 bridgehead atoms. The van der Waals surface area contributed by atoms with E-state index in [4.69, 9.17) is 4.74 Å². The Hall–Kier alpha value is -3.00. The molecule has 2 N–H and O–H groups in total. The number of imidazole rings is 1. The molecule has 0 spiro atoms. The van der Waals surface area contributed by atoms with Gasteiger partial charge in [-0.05, 0) is 25.8 Å². The van der Waals surface area contributed by atoms with Gasteiger partial charge in [-0.25, -0.2) is 14.4 Å². The summed E-state index contributed by atoms with van der Waals surface area (Å²) in [7, 11) is 1.73. The highest BCUT2D eigenvalue weighted by molar-refractivity contribution is 5.93. The van der Waals surface area contributed by atoms with Crippen LogP contribution in [0.5, 0.6) is 0 Å². The molecule has 1 aliphatic carbocycles. The van der Waals surface area contributed by atoms with E-state index in [1.165, 1.54) is 6.07 Å². The van der Waals surface area contributed by atoms with E-state index >= 15 is 0 Å². The lowest BCUT2D eigenvalue weighted by atomic mass is 9.89. The molecule has 27 heavy (non-hydrogen) atoms. The fraction of sp³-hybridized carbons (Fsp3) is 0.316. The van der Waals surface area contributed by atoms with Crippen LogP contribution in [0.3, 0.4) is 0 Å². The third-order valence-electron chi connectivity index (χ3n) is 5.25. The number of methoxy groups -OCH3 is 1. The Labute approximate surface area is 154 Å². The molecule has 0 aromatic carbocycles. The Balaban J connectivity index is 1.49. The highest BCUT2D eigenvalue weighted by Crippen LogP contribution is 2.30. The number of aromatic amines is 1. The van der Waals surface area contributed by atoms with Crippen LogP contribution < -0.4 is 5.32 Å². The van der Waals surface area contributed by atoms with Gasteiger partial charge >= 0.3 is 0 Å². The Kier molecular flexibility index (Phi) is 3.61. The van der Waals surface area contributed by atoms with E-state index in [9.17, 15) is 4.39 Å². The lowest BCUT2D eigenvalue weighted by Crippen LogP contribution is -2.40. The fourth-order valence-electron chi connectivity index (χ4n) is 3.58. The van der Waals surface area contributed by atoms with Crippen molar-refractivity contribution < 1.29 is 9.13 Å². The summed E-state index contributed by atoms with van der Waals surface area (Å²) in [6.45, 7) is 1.90. The highest BCUT2D eigenvalue weighted by Gasteiger charge is 2.29. The molecule has 0 radical (unpaired) electrons. The highest BCUT2D eigenvalue weighted by atomic mass is 19.1. The zero-order valence-electron chi connectivity index (χ0n) is 15.0. The zero-order chi connectivity index (χ0) is 18.5. The van der Waals surface area contributed by atoms with Crippen molar-refractivity contribution in [2.75, 3.05) is 12.4 Å². The minimum absolute atomic E-state index is 0.319. The molecule has 7 nitrogen and oxygen atoms in total. The van der Waals surface area contributed by atoms with Crippen molar-refractivity contribution in [3.63, 3.8) is 0 Å². The van der Waals surface area contributed by atoms with Crippen molar-refractivity contribution in [2.45, 2.75) is 31.9 Å². The second-order valence-corrected chi connectivity index (χ2v) is 7.00. The van der Waals surface area contributed by atoms with Crippen LogP contribution in [-0.4, -0.2) is 43.6 Å². The van der Waals surface area contributed by atoms with Gasteiger partial charge in [-0.2, -0.15) is 4.98 Å². The lowest BCUT2D eigenvalue weighted by molar-refractivity contribution is 0.0327. The Morgan fingerprint density at radius 3 is 2.96 bits per heavy atom. The van der Waals surface area contributed by atoms with Gasteiger partial charge in [0.15, 0.2) is 11.5 Å². The number of aromatic nitrogens is 5. The average molecular weight is 366 g/mol. The first-order valence-corrected chi connectivity index (χ1v) is 8.89. The number of hydrogen-bond donors (Lipinski definition) is 2.